The van der Waals surface area contributed by atoms with Crippen molar-refractivity contribution in [3.63, 3.8) is 0 Å². The van der Waals surface area contributed by atoms with Crippen LogP contribution < -0.4 is 27.2 Å². The van der Waals surface area contributed by atoms with E-state index in [1.807, 2.05) is 0 Å². The number of benzene rings is 4. The summed E-state index contributed by atoms with van der Waals surface area (Å²) >= 11 is 0. The van der Waals surface area contributed by atoms with E-state index >= 15 is 35.1 Å². The van der Waals surface area contributed by atoms with Gasteiger partial charge in [0.2, 0.25) is 0 Å². The third kappa shape index (κ3) is 6.42. The quantitative estimate of drug-likeness (QED) is 0.0963. The van der Waals surface area contributed by atoms with Crippen LogP contribution in [-0.4, -0.2) is 18.7 Å². The molecule has 54 heavy (non-hydrogen) atoms. The smallest absolute Gasteiger partial charge is 0.200 e. The zero-order valence-corrected chi connectivity index (χ0v) is 26.5. The standard InChI is InChI=1S/C24BF20.C8H17N/c26-5-1(6(27)14(35)21(42)13(5)34)25(2-7(28)15(36)22(43)16(37)8(2)29,3-9(30)17(38)23(44)18(39)10(3)31)4-11(32)19(40)24(45)20(41)12(4)33;1-2-9-8-6-4-3-5-7-8/h;8-9H,2-7H2,1H3/q-1;/p+1. The van der Waals surface area contributed by atoms with Crippen LogP contribution in [0.25, 0.3) is 0 Å². The minimum atomic E-state index is -7.22. The minimum absolute atomic E-state index is 0.976. The predicted octanol–water partition coefficient (Wildman–Crippen LogP) is 6.75. The Kier molecular flexibility index (Phi) is 12.3. The van der Waals surface area contributed by atoms with E-state index in [2.05, 4.69) is 12.2 Å². The van der Waals surface area contributed by atoms with Crippen molar-refractivity contribution in [3.8, 4) is 0 Å². The first-order valence-corrected chi connectivity index (χ1v) is 15.2. The lowest BCUT2D eigenvalue weighted by Crippen LogP contribution is -2.89. The molecular formula is C32H18BF20N. The molecule has 0 heterocycles. The fraction of sp³-hybridized carbons (Fsp3) is 0.250. The van der Waals surface area contributed by atoms with E-state index in [4.69, 9.17) is 0 Å². The van der Waals surface area contributed by atoms with Crippen molar-refractivity contribution >= 4 is 28.0 Å². The molecule has 0 atom stereocenters. The molecule has 0 radical (unpaired) electrons. The maximum atomic E-state index is 15.4. The molecule has 0 amide bonds. The molecule has 294 valence electrons. The van der Waals surface area contributed by atoms with Crippen molar-refractivity contribution in [1.29, 1.82) is 0 Å². The molecule has 0 unspecified atom stereocenters. The molecular weight excluding hydrogens is 789 g/mol. The lowest BCUT2D eigenvalue weighted by atomic mass is 9.12. The van der Waals surface area contributed by atoms with E-state index in [9.17, 15) is 52.7 Å². The van der Waals surface area contributed by atoms with Crippen molar-refractivity contribution in [1.82, 2.24) is 0 Å². The van der Waals surface area contributed by atoms with Gasteiger partial charge in [-0.1, -0.05) is 6.42 Å². The number of hydrogen-bond donors (Lipinski definition) is 1. The Balaban J connectivity index is 0.000000631. The fourth-order valence-electron chi connectivity index (χ4n) is 6.58. The molecule has 1 fully saturated rings. The molecule has 1 aliphatic carbocycles. The summed E-state index contributed by atoms with van der Waals surface area (Å²) in [4.78, 5) is 0. The Morgan fingerprint density at radius 1 is 0.333 bits per heavy atom. The van der Waals surface area contributed by atoms with Gasteiger partial charge in [0.05, 0.1) is 12.6 Å². The first kappa shape index (κ1) is 42.2. The second-order valence-corrected chi connectivity index (χ2v) is 11.8. The number of quaternary nitrogens is 1. The second-order valence-electron chi connectivity index (χ2n) is 11.8. The SMILES string of the molecule is CC[NH2+]C1CCCCC1.Fc1c(F)c(F)c([B-](c2c(F)c(F)c(F)c(F)c2F)(c2c(F)c(F)c(F)c(F)c2F)c2c(F)c(F)c(F)c(F)c2F)c(F)c1F. The van der Waals surface area contributed by atoms with Crippen LogP contribution in [0.1, 0.15) is 39.0 Å². The molecule has 4 aromatic carbocycles. The van der Waals surface area contributed by atoms with Crippen molar-refractivity contribution in [2.75, 3.05) is 6.54 Å². The second kappa shape index (κ2) is 15.7. The molecule has 1 saturated carbocycles. The Labute approximate surface area is 289 Å². The lowest BCUT2D eigenvalue weighted by molar-refractivity contribution is -0.689. The van der Waals surface area contributed by atoms with Gasteiger partial charge < -0.3 is 5.32 Å². The van der Waals surface area contributed by atoms with Crippen LogP contribution in [-0.2, 0) is 0 Å². The van der Waals surface area contributed by atoms with Gasteiger partial charge in [-0.15, -0.1) is 21.9 Å². The molecule has 1 nitrogen and oxygen atoms in total. The van der Waals surface area contributed by atoms with Gasteiger partial charge in [-0.2, -0.15) is 0 Å². The van der Waals surface area contributed by atoms with Crippen LogP contribution in [0.4, 0.5) is 87.8 Å². The van der Waals surface area contributed by atoms with Crippen LogP contribution in [0.5, 0.6) is 0 Å². The average molecular weight is 807 g/mol. The van der Waals surface area contributed by atoms with Gasteiger partial charge in [-0.3, -0.25) is 0 Å². The molecule has 0 spiro atoms. The summed E-state index contributed by atoms with van der Waals surface area (Å²) in [7, 11) is 0. The minimum Gasteiger partial charge on any atom is -0.344 e. The first-order valence-electron chi connectivity index (χ1n) is 15.2. The summed E-state index contributed by atoms with van der Waals surface area (Å²) in [6.45, 7) is 3.51. The molecule has 22 heteroatoms. The van der Waals surface area contributed by atoms with E-state index in [1.54, 1.807) is 0 Å². The van der Waals surface area contributed by atoms with Gasteiger partial charge in [-0.05, 0) is 32.6 Å². The molecule has 0 aliphatic heterocycles. The summed E-state index contributed by atoms with van der Waals surface area (Å²) < 4.78 is 294. The first-order chi connectivity index (χ1) is 25.1. The zero-order valence-electron chi connectivity index (χ0n) is 26.5. The van der Waals surface area contributed by atoms with E-state index in [-0.39, 0.29) is 0 Å². The van der Waals surface area contributed by atoms with E-state index in [0.29, 0.717) is 0 Å². The van der Waals surface area contributed by atoms with Crippen LogP contribution in [0.15, 0.2) is 0 Å². The van der Waals surface area contributed by atoms with Crippen molar-refractivity contribution in [3.05, 3.63) is 116 Å². The highest BCUT2D eigenvalue weighted by Crippen LogP contribution is 2.30. The summed E-state index contributed by atoms with van der Waals surface area (Å²) in [6, 6.07) is 0.976. The van der Waals surface area contributed by atoms with Crippen molar-refractivity contribution < 1.29 is 93.1 Å². The van der Waals surface area contributed by atoms with Crippen LogP contribution in [0, 0.1) is 116 Å². The van der Waals surface area contributed by atoms with Crippen molar-refractivity contribution in [2.24, 2.45) is 0 Å². The molecule has 0 aromatic heterocycles. The number of hydrogen-bond acceptors (Lipinski definition) is 0. The van der Waals surface area contributed by atoms with Gasteiger partial charge in [0.1, 0.15) is 52.7 Å². The van der Waals surface area contributed by atoms with Gasteiger partial charge in [0.15, 0.2) is 69.8 Å². The van der Waals surface area contributed by atoms with Gasteiger partial charge in [-0.25, -0.2) is 87.8 Å². The number of rotatable bonds is 6. The molecule has 2 N–H and O–H groups in total. The predicted molar refractivity (Wildman–Crippen MR) is 149 cm³/mol. The Bertz CT molecular complexity index is 1750. The maximum absolute atomic E-state index is 15.4. The van der Waals surface area contributed by atoms with Crippen LogP contribution >= 0.6 is 0 Å². The summed E-state index contributed by atoms with van der Waals surface area (Å²) in [5.41, 5.74) is -14.3. The molecule has 1 aliphatic rings. The van der Waals surface area contributed by atoms with Gasteiger partial charge in [0.25, 0.3) is 0 Å². The Hall–Kier alpha value is -4.50. The molecule has 4 aromatic rings. The number of halogens is 20. The highest BCUT2D eigenvalue weighted by Gasteiger charge is 2.52. The topological polar surface area (TPSA) is 16.6 Å². The fourth-order valence-corrected chi connectivity index (χ4v) is 6.58. The van der Waals surface area contributed by atoms with E-state index in [1.165, 1.54) is 38.6 Å². The molecule has 0 saturated heterocycles. The number of nitrogens with two attached hydrogens (primary N) is 1. The van der Waals surface area contributed by atoms with Crippen LogP contribution in [0.2, 0.25) is 0 Å². The summed E-state index contributed by atoms with van der Waals surface area (Å²) in [6.07, 6.45) is 0.142. The average Bonchev–Trinajstić information content (AvgIpc) is 3.15. The Morgan fingerprint density at radius 3 is 0.704 bits per heavy atom. The largest absolute Gasteiger partial charge is 0.344 e. The van der Waals surface area contributed by atoms with E-state index in [0.717, 1.165) is 6.04 Å². The summed E-state index contributed by atoms with van der Waals surface area (Å²) in [5.74, 6) is -71.4. The lowest BCUT2D eigenvalue weighted by Gasteiger charge is -2.44. The van der Waals surface area contributed by atoms with Crippen molar-refractivity contribution in [2.45, 2.75) is 45.1 Å². The highest BCUT2D eigenvalue weighted by atomic mass is 19.2. The Morgan fingerprint density at radius 2 is 0.519 bits per heavy atom. The van der Waals surface area contributed by atoms with Crippen LogP contribution in [0.3, 0.4) is 0 Å². The monoisotopic (exact) mass is 807 g/mol. The molecule has 5 rings (SSSR count). The third-order valence-electron chi connectivity index (χ3n) is 8.93. The van der Waals surface area contributed by atoms with Gasteiger partial charge >= 0.3 is 0 Å². The summed E-state index contributed by atoms with van der Waals surface area (Å²) in [5, 5.41) is 2.49. The third-order valence-corrected chi connectivity index (χ3v) is 8.93. The normalized spacial score (nSPS) is 13.7. The zero-order chi connectivity index (χ0) is 40.9. The molecule has 0 bridgehead atoms. The maximum Gasteiger partial charge on any atom is 0.200 e. The highest BCUT2D eigenvalue weighted by molar-refractivity contribution is 7.20. The van der Waals surface area contributed by atoms with Gasteiger partial charge in [0, 0.05) is 0 Å². The van der Waals surface area contributed by atoms with E-state index < -0.39 is 144 Å².